The summed E-state index contributed by atoms with van der Waals surface area (Å²) in [6.07, 6.45) is -0.309. The van der Waals surface area contributed by atoms with Crippen LogP contribution in [0.4, 0.5) is 5.69 Å². The van der Waals surface area contributed by atoms with Crippen molar-refractivity contribution in [3.63, 3.8) is 0 Å². The van der Waals surface area contributed by atoms with E-state index in [0.717, 1.165) is 11.3 Å². The monoisotopic (exact) mass is 380 g/mol. The maximum Gasteiger partial charge on any atom is 0.265 e. The zero-order valence-electron chi connectivity index (χ0n) is 14.0. The van der Waals surface area contributed by atoms with Gasteiger partial charge in [0.25, 0.3) is 5.91 Å². The quantitative estimate of drug-likeness (QED) is 0.885. The first kappa shape index (κ1) is 18.1. The van der Waals surface area contributed by atoms with Crippen molar-refractivity contribution in [2.45, 2.75) is 31.0 Å². The Morgan fingerprint density at radius 1 is 1.20 bits per heavy atom. The zero-order valence-corrected chi connectivity index (χ0v) is 15.6. The molecule has 0 unspecified atom stereocenters. The van der Waals surface area contributed by atoms with Crippen LogP contribution in [0.2, 0.25) is 0 Å². The van der Waals surface area contributed by atoms with E-state index in [2.05, 4.69) is 5.32 Å². The lowest BCUT2D eigenvalue weighted by molar-refractivity contribution is -0.0440. The molecule has 8 heteroatoms. The van der Waals surface area contributed by atoms with Gasteiger partial charge in [-0.2, -0.15) is 4.31 Å². The minimum atomic E-state index is -3.63. The van der Waals surface area contributed by atoms with E-state index >= 15 is 0 Å². The number of hydrogen-bond acceptors (Lipinski definition) is 5. The maximum atomic E-state index is 12.8. The average molecular weight is 380 g/mol. The number of thiophene rings is 1. The number of morpholine rings is 1. The van der Waals surface area contributed by atoms with E-state index in [0.29, 0.717) is 23.7 Å². The van der Waals surface area contributed by atoms with Gasteiger partial charge in [0.05, 0.1) is 22.0 Å². The van der Waals surface area contributed by atoms with Crippen molar-refractivity contribution in [1.29, 1.82) is 0 Å². The van der Waals surface area contributed by atoms with Crippen LogP contribution in [0.15, 0.2) is 46.7 Å². The number of para-hydroxylation sites is 1. The Balaban J connectivity index is 1.77. The smallest absolute Gasteiger partial charge is 0.265 e. The molecule has 25 heavy (non-hydrogen) atoms. The van der Waals surface area contributed by atoms with Crippen LogP contribution in [0.25, 0.3) is 0 Å². The van der Waals surface area contributed by atoms with Crippen molar-refractivity contribution >= 4 is 33.0 Å². The van der Waals surface area contributed by atoms with Crippen LogP contribution in [0.5, 0.6) is 0 Å². The molecule has 1 aliphatic heterocycles. The van der Waals surface area contributed by atoms with Crippen molar-refractivity contribution in [3.8, 4) is 0 Å². The van der Waals surface area contributed by atoms with Gasteiger partial charge >= 0.3 is 0 Å². The van der Waals surface area contributed by atoms with E-state index in [1.54, 1.807) is 12.1 Å². The van der Waals surface area contributed by atoms with Gasteiger partial charge < -0.3 is 10.1 Å². The van der Waals surface area contributed by atoms with Gasteiger partial charge in [-0.15, -0.1) is 11.3 Å². The Hall–Kier alpha value is -1.74. The van der Waals surface area contributed by atoms with Crippen molar-refractivity contribution in [1.82, 2.24) is 4.31 Å². The number of ether oxygens (including phenoxy) is 1. The molecule has 1 aromatic carbocycles. The molecule has 0 spiro atoms. The van der Waals surface area contributed by atoms with E-state index in [-0.39, 0.29) is 23.0 Å². The highest BCUT2D eigenvalue weighted by atomic mass is 32.2. The number of carbonyl (C=O) groups is 1. The van der Waals surface area contributed by atoms with Crippen molar-refractivity contribution in [2.24, 2.45) is 0 Å². The van der Waals surface area contributed by atoms with Gasteiger partial charge in [0.2, 0.25) is 10.0 Å². The van der Waals surface area contributed by atoms with Crippen LogP contribution < -0.4 is 5.32 Å². The van der Waals surface area contributed by atoms with Gasteiger partial charge in [-0.05, 0) is 32.0 Å². The summed E-state index contributed by atoms with van der Waals surface area (Å²) in [5.74, 6) is -0.318. The van der Waals surface area contributed by atoms with Gasteiger partial charge in [-0.25, -0.2) is 8.42 Å². The van der Waals surface area contributed by atoms with Gasteiger partial charge in [0.15, 0.2) is 0 Å². The van der Waals surface area contributed by atoms with Crippen LogP contribution in [-0.2, 0) is 14.8 Å². The maximum absolute atomic E-state index is 12.8. The lowest BCUT2D eigenvalue weighted by atomic mass is 10.3. The molecule has 0 aliphatic carbocycles. The highest BCUT2D eigenvalue weighted by Crippen LogP contribution is 2.26. The molecule has 1 fully saturated rings. The van der Waals surface area contributed by atoms with Gasteiger partial charge in [0.1, 0.15) is 0 Å². The van der Waals surface area contributed by atoms with E-state index in [4.69, 9.17) is 4.74 Å². The Labute approximate surface area is 151 Å². The van der Waals surface area contributed by atoms with Gasteiger partial charge in [-0.1, -0.05) is 18.2 Å². The van der Waals surface area contributed by atoms with Gasteiger partial charge in [0, 0.05) is 24.2 Å². The summed E-state index contributed by atoms with van der Waals surface area (Å²) in [5.41, 5.74) is 0.668. The molecule has 6 nitrogen and oxygen atoms in total. The number of rotatable bonds is 4. The highest BCUT2D eigenvalue weighted by Gasteiger charge is 2.33. The molecule has 2 atom stereocenters. The minimum Gasteiger partial charge on any atom is -0.373 e. The Morgan fingerprint density at radius 3 is 2.48 bits per heavy atom. The zero-order chi connectivity index (χ0) is 18.0. The molecular formula is C17H20N2O4S2. The number of carbonyl (C=O) groups excluding carboxylic acids is 1. The summed E-state index contributed by atoms with van der Waals surface area (Å²) >= 11 is 1.12. The van der Waals surface area contributed by atoms with Crippen LogP contribution in [-0.4, -0.2) is 43.9 Å². The topological polar surface area (TPSA) is 75.7 Å². The number of anilines is 1. The molecule has 0 saturated carbocycles. The predicted molar refractivity (Wildman–Crippen MR) is 97.5 cm³/mol. The summed E-state index contributed by atoms with van der Waals surface area (Å²) < 4.78 is 32.6. The number of nitrogens with one attached hydrogen (secondary N) is 1. The van der Waals surface area contributed by atoms with Crippen molar-refractivity contribution < 1.29 is 17.9 Å². The second kappa shape index (κ2) is 7.25. The predicted octanol–water partition coefficient (Wildman–Crippen LogP) is 2.80. The fourth-order valence-electron chi connectivity index (χ4n) is 2.76. The summed E-state index contributed by atoms with van der Waals surface area (Å²) in [4.78, 5) is 12.8. The Bertz CT molecular complexity index is 839. The first-order valence-electron chi connectivity index (χ1n) is 7.97. The van der Waals surface area contributed by atoms with Crippen LogP contribution in [0.3, 0.4) is 0 Å². The number of nitrogens with zero attached hydrogens (tertiary/aromatic N) is 1. The molecule has 1 aliphatic rings. The van der Waals surface area contributed by atoms with E-state index in [1.807, 2.05) is 32.0 Å². The fourth-order valence-corrected chi connectivity index (χ4v) is 5.51. The molecular weight excluding hydrogens is 360 g/mol. The third-order valence-corrected chi connectivity index (χ3v) is 6.74. The molecule has 0 radical (unpaired) electrons. The molecule has 3 rings (SSSR count). The standard InChI is InChI=1S/C17H20N2O4S2/c1-12-9-19(10-13(2)23-12)25(21,22)15-8-16(24-11-15)17(20)18-14-6-4-3-5-7-14/h3-8,11-13H,9-10H2,1-2H3,(H,18,20)/t12-,13-/m0/s1. The number of hydrogen-bond donors (Lipinski definition) is 1. The third kappa shape index (κ3) is 4.09. The van der Waals surface area contributed by atoms with E-state index in [9.17, 15) is 13.2 Å². The second-order valence-corrected chi connectivity index (χ2v) is 8.90. The number of benzene rings is 1. The van der Waals surface area contributed by atoms with Crippen LogP contribution in [0, 0.1) is 0 Å². The SMILES string of the molecule is C[C@H]1CN(S(=O)(=O)c2csc(C(=O)Nc3ccccc3)c2)C[C@H](C)O1. The number of sulfonamides is 1. The summed E-state index contributed by atoms with van der Waals surface area (Å²) in [6, 6.07) is 10.5. The molecule has 134 valence electrons. The van der Waals surface area contributed by atoms with Crippen molar-refractivity contribution in [3.05, 3.63) is 46.7 Å². The highest BCUT2D eigenvalue weighted by molar-refractivity contribution is 7.89. The summed E-state index contributed by atoms with van der Waals surface area (Å²) in [7, 11) is -3.63. The molecule has 1 amide bonds. The van der Waals surface area contributed by atoms with E-state index in [1.165, 1.54) is 15.8 Å². The fraction of sp³-hybridized carbons (Fsp3) is 0.353. The largest absolute Gasteiger partial charge is 0.373 e. The Morgan fingerprint density at radius 2 is 1.84 bits per heavy atom. The average Bonchev–Trinajstić information content (AvgIpc) is 3.06. The molecule has 1 saturated heterocycles. The molecule has 0 bridgehead atoms. The molecule has 2 aromatic rings. The lowest BCUT2D eigenvalue weighted by Crippen LogP contribution is -2.47. The normalized spacial score (nSPS) is 21.8. The summed E-state index contributed by atoms with van der Waals surface area (Å²) in [5, 5.41) is 4.27. The number of amides is 1. The lowest BCUT2D eigenvalue weighted by Gasteiger charge is -2.34. The first-order valence-corrected chi connectivity index (χ1v) is 10.3. The Kier molecular flexibility index (Phi) is 5.24. The van der Waals surface area contributed by atoms with Gasteiger partial charge in [-0.3, -0.25) is 4.79 Å². The minimum absolute atomic E-state index is 0.150. The summed E-state index contributed by atoms with van der Waals surface area (Å²) in [6.45, 7) is 4.33. The molecule has 2 heterocycles. The second-order valence-electron chi connectivity index (χ2n) is 6.05. The van der Waals surface area contributed by atoms with E-state index < -0.39 is 10.0 Å². The first-order chi connectivity index (χ1) is 11.9. The third-order valence-electron chi connectivity index (χ3n) is 3.85. The van der Waals surface area contributed by atoms with Crippen molar-refractivity contribution in [2.75, 3.05) is 18.4 Å². The van der Waals surface area contributed by atoms with Crippen LogP contribution >= 0.6 is 11.3 Å². The molecule has 1 aromatic heterocycles. The van der Waals surface area contributed by atoms with Crippen LogP contribution in [0.1, 0.15) is 23.5 Å². The molecule has 1 N–H and O–H groups in total.